The Morgan fingerprint density at radius 1 is 1.43 bits per heavy atom. The maximum atomic E-state index is 12.4. The van der Waals surface area contributed by atoms with Crippen molar-refractivity contribution in [1.82, 2.24) is 19.8 Å². The monoisotopic (exact) mass is 338 g/mol. The topological polar surface area (TPSA) is 67.2 Å². The minimum atomic E-state index is -0.351. The Bertz CT molecular complexity index is 565. The van der Waals surface area contributed by atoms with E-state index in [0.717, 1.165) is 5.82 Å². The van der Waals surface area contributed by atoms with Gasteiger partial charge in [0.05, 0.1) is 5.88 Å². The number of imidazole rings is 1. The van der Waals surface area contributed by atoms with Gasteiger partial charge in [-0.05, 0) is 5.41 Å². The van der Waals surface area contributed by atoms with Crippen LogP contribution in [0.5, 0.6) is 0 Å². The molecule has 7 heteroatoms. The summed E-state index contributed by atoms with van der Waals surface area (Å²) in [5, 5.41) is 2.94. The molecule has 1 fully saturated rings. The maximum absolute atomic E-state index is 12.4. The zero-order valence-corrected chi connectivity index (χ0v) is 15.2. The molecule has 2 rings (SSSR count). The van der Waals surface area contributed by atoms with Gasteiger partial charge in [0, 0.05) is 44.6 Å². The molecule has 0 spiro atoms. The van der Waals surface area contributed by atoms with Crippen LogP contribution in [-0.4, -0.2) is 50.5 Å². The van der Waals surface area contributed by atoms with E-state index in [1.54, 1.807) is 22.9 Å². The predicted molar refractivity (Wildman–Crippen MR) is 92.0 cm³/mol. The lowest BCUT2D eigenvalue weighted by Gasteiger charge is -2.26. The van der Waals surface area contributed by atoms with E-state index in [2.05, 4.69) is 10.3 Å². The molecule has 6 nitrogen and oxygen atoms in total. The highest BCUT2D eigenvalue weighted by Crippen LogP contribution is 2.26. The third-order valence-electron chi connectivity index (χ3n) is 3.76. The number of aromatic nitrogens is 2. The van der Waals surface area contributed by atoms with Gasteiger partial charge in [-0.1, -0.05) is 20.8 Å². The first-order chi connectivity index (χ1) is 10.8. The van der Waals surface area contributed by atoms with Crippen molar-refractivity contribution in [3.8, 4) is 0 Å². The molecule has 0 aromatic carbocycles. The summed E-state index contributed by atoms with van der Waals surface area (Å²) in [5.74, 6) is 2.21. The van der Waals surface area contributed by atoms with Crippen LogP contribution in [0.3, 0.4) is 0 Å². The summed E-state index contributed by atoms with van der Waals surface area (Å²) in [5.41, 5.74) is -0.0659. The first-order valence-corrected chi connectivity index (χ1v) is 9.04. The van der Waals surface area contributed by atoms with Crippen molar-refractivity contribution in [1.29, 1.82) is 0 Å². The third-order valence-corrected chi connectivity index (χ3v) is 4.77. The summed E-state index contributed by atoms with van der Waals surface area (Å²) in [6.07, 6.45) is 4.78. The fourth-order valence-electron chi connectivity index (χ4n) is 2.51. The molecule has 1 aliphatic rings. The molecule has 0 aliphatic carbocycles. The van der Waals surface area contributed by atoms with Crippen molar-refractivity contribution in [3.63, 3.8) is 0 Å². The highest BCUT2D eigenvalue weighted by atomic mass is 32.2. The van der Waals surface area contributed by atoms with E-state index in [-0.39, 0.29) is 23.3 Å². The Morgan fingerprint density at radius 2 is 2.17 bits per heavy atom. The largest absolute Gasteiger partial charge is 0.354 e. The Labute approximate surface area is 142 Å². The van der Waals surface area contributed by atoms with Crippen LogP contribution in [0.15, 0.2) is 12.4 Å². The second-order valence-corrected chi connectivity index (χ2v) is 8.11. The smallest absolute Gasteiger partial charge is 0.243 e. The number of carbonyl (C=O) groups excluding carboxylic acids is 2. The minimum Gasteiger partial charge on any atom is -0.354 e. The Hall–Kier alpha value is -1.50. The summed E-state index contributed by atoms with van der Waals surface area (Å²) in [6, 6.07) is -0.351. The molecular weight excluding hydrogens is 312 g/mol. The molecule has 0 bridgehead atoms. The molecule has 128 valence electrons. The first kappa shape index (κ1) is 17.8. The van der Waals surface area contributed by atoms with E-state index in [1.165, 1.54) is 0 Å². The summed E-state index contributed by atoms with van der Waals surface area (Å²) in [4.78, 5) is 30.7. The van der Waals surface area contributed by atoms with E-state index in [0.29, 0.717) is 31.0 Å². The van der Waals surface area contributed by atoms with Crippen molar-refractivity contribution >= 4 is 23.6 Å². The van der Waals surface area contributed by atoms with E-state index >= 15 is 0 Å². The van der Waals surface area contributed by atoms with Gasteiger partial charge in [-0.3, -0.25) is 9.59 Å². The number of nitrogens with zero attached hydrogens (tertiary/aromatic N) is 3. The fraction of sp³-hybridized carbons (Fsp3) is 0.688. The molecule has 1 aromatic heterocycles. The molecule has 1 atom stereocenters. The summed E-state index contributed by atoms with van der Waals surface area (Å²) in [6.45, 7) is 6.65. The van der Waals surface area contributed by atoms with Gasteiger partial charge < -0.3 is 14.8 Å². The van der Waals surface area contributed by atoms with Gasteiger partial charge in [0.25, 0.3) is 0 Å². The van der Waals surface area contributed by atoms with Gasteiger partial charge in [-0.15, -0.1) is 11.8 Å². The number of aryl methyl sites for hydroxylation is 1. The standard InChI is InChI=1S/C16H26N4O2S/c1-16(2,3)9-14(21)20-11-23-10-12(20)15(22)18-6-5-13-17-7-8-19(13)4/h7-8,12H,5-6,9-11H2,1-4H3,(H,18,22)/t12-/m0/s1. The zero-order chi connectivity index (χ0) is 17.0. The van der Waals surface area contributed by atoms with Crippen LogP contribution < -0.4 is 5.32 Å². The average Bonchev–Trinajstić information content (AvgIpc) is 3.06. The molecule has 1 saturated heterocycles. The molecule has 0 radical (unpaired) electrons. The summed E-state index contributed by atoms with van der Waals surface area (Å²) in [7, 11) is 1.94. The molecule has 0 saturated carbocycles. The Balaban J connectivity index is 1.85. The highest BCUT2D eigenvalue weighted by Gasteiger charge is 2.35. The van der Waals surface area contributed by atoms with Gasteiger partial charge in [0.1, 0.15) is 11.9 Å². The first-order valence-electron chi connectivity index (χ1n) is 7.89. The zero-order valence-electron chi connectivity index (χ0n) is 14.3. The second kappa shape index (κ2) is 7.38. The van der Waals surface area contributed by atoms with E-state index in [1.807, 2.05) is 38.6 Å². The van der Waals surface area contributed by atoms with Crippen LogP contribution in [-0.2, 0) is 23.1 Å². The van der Waals surface area contributed by atoms with E-state index in [4.69, 9.17) is 0 Å². The SMILES string of the molecule is Cn1ccnc1CCNC(=O)[C@@H]1CSCN1C(=O)CC(C)(C)C. The molecule has 2 heterocycles. The van der Waals surface area contributed by atoms with Crippen molar-refractivity contribution in [2.24, 2.45) is 12.5 Å². The van der Waals surface area contributed by atoms with Crippen LogP contribution in [0.25, 0.3) is 0 Å². The number of thioether (sulfide) groups is 1. The molecule has 23 heavy (non-hydrogen) atoms. The lowest BCUT2D eigenvalue weighted by molar-refractivity contribution is -0.139. The van der Waals surface area contributed by atoms with E-state index in [9.17, 15) is 9.59 Å². The third kappa shape index (κ3) is 4.99. The molecule has 1 aromatic rings. The number of hydrogen-bond donors (Lipinski definition) is 1. The van der Waals surface area contributed by atoms with Crippen molar-refractivity contribution in [3.05, 3.63) is 18.2 Å². The van der Waals surface area contributed by atoms with Crippen LogP contribution in [0.4, 0.5) is 0 Å². The summed E-state index contributed by atoms with van der Waals surface area (Å²) < 4.78 is 1.94. The van der Waals surface area contributed by atoms with Gasteiger partial charge in [0.15, 0.2) is 0 Å². The minimum absolute atomic E-state index is 0.0618. The van der Waals surface area contributed by atoms with Gasteiger partial charge in [-0.2, -0.15) is 0 Å². The number of carbonyl (C=O) groups is 2. The van der Waals surface area contributed by atoms with Crippen LogP contribution in [0.1, 0.15) is 33.0 Å². The number of amides is 2. The van der Waals surface area contributed by atoms with Crippen molar-refractivity contribution < 1.29 is 9.59 Å². The van der Waals surface area contributed by atoms with Crippen LogP contribution in [0, 0.1) is 5.41 Å². The van der Waals surface area contributed by atoms with Gasteiger partial charge in [-0.25, -0.2) is 4.98 Å². The molecular formula is C16H26N4O2S. The van der Waals surface area contributed by atoms with Crippen LogP contribution in [0.2, 0.25) is 0 Å². The normalized spacial score (nSPS) is 18.3. The molecule has 1 N–H and O–H groups in total. The molecule has 0 unspecified atom stereocenters. The van der Waals surface area contributed by atoms with Crippen molar-refractivity contribution in [2.45, 2.75) is 39.7 Å². The van der Waals surface area contributed by atoms with Gasteiger partial charge in [0.2, 0.25) is 11.8 Å². The maximum Gasteiger partial charge on any atom is 0.243 e. The lowest BCUT2D eigenvalue weighted by Crippen LogP contribution is -2.48. The van der Waals surface area contributed by atoms with E-state index < -0.39 is 0 Å². The average molecular weight is 338 g/mol. The quantitative estimate of drug-likeness (QED) is 0.882. The Kier molecular flexibility index (Phi) is 5.73. The number of rotatable bonds is 5. The highest BCUT2D eigenvalue weighted by molar-refractivity contribution is 7.99. The van der Waals surface area contributed by atoms with Gasteiger partial charge >= 0.3 is 0 Å². The van der Waals surface area contributed by atoms with Crippen LogP contribution >= 0.6 is 11.8 Å². The second-order valence-electron chi connectivity index (χ2n) is 7.11. The lowest BCUT2D eigenvalue weighted by atomic mass is 9.91. The number of nitrogens with one attached hydrogen (secondary N) is 1. The molecule has 1 aliphatic heterocycles. The fourth-order valence-corrected chi connectivity index (χ4v) is 3.69. The number of hydrogen-bond acceptors (Lipinski definition) is 4. The summed E-state index contributed by atoms with van der Waals surface area (Å²) >= 11 is 1.63. The predicted octanol–water partition coefficient (Wildman–Crippen LogP) is 1.42. The van der Waals surface area contributed by atoms with Crippen molar-refractivity contribution in [2.75, 3.05) is 18.2 Å². The Morgan fingerprint density at radius 3 is 2.78 bits per heavy atom. The molecule has 2 amide bonds.